The summed E-state index contributed by atoms with van der Waals surface area (Å²) in [6, 6.07) is 0. The molecule has 0 rings (SSSR count). The molecule has 0 saturated heterocycles. The predicted molar refractivity (Wildman–Crippen MR) is 58.1 cm³/mol. The molecule has 0 aromatic heterocycles. The number of thioether (sulfide) groups is 1. The van der Waals surface area contributed by atoms with Gasteiger partial charge in [-0.15, -0.1) is 0 Å². The standard InChI is InChI=1S/C10H12F8OS/c1-2-5(19)20-4-3-9(15,16)8(14)10(17,18)6(11)7(12)13/h6-8H,2-4H2,1H3. The molecule has 20 heavy (non-hydrogen) atoms. The zero-order valence-corrected chi connectivity index (χ0v) is 11.0. The highest BCUT2D eigenvalue weighted by atomic mass is 32.2. The number of alkyl halides is 8. The van der Waals surface area contributed by atoms with Crippen LogP contribution < -0.4 is 0 Å². The topological polar surface area (TPSA) is 17.1 Å². The molecule has 0 aliphatic carbocycles. The van der Waals surface area contributed by atoms with Gasteiger partial charge in [0, 0.05) is 18.6 Å². The molecule has 0 amide bonds. The fourth-order valence-electron chi connectivity index (χ4n) is 1.12. The van der Waals surface area contributed by atoms with E-state index in [2.05, 4.69) is 0 Å². The van der Waals surface area contributed by atoms with Crippen LogP contribution in [0.15, 0.2) is 0 Å². The second kappa shape index (κ2) is 7.46. The van der Waals surface area contributed by atoms with Gasteiger partial charge in [0.05, 0.1) is 0 Å². The zero-order valence-electron chi connectivity index (χ0n) is 10.2. The highest BCUT2D eigenvalue weighted by Gasteiger charge is 2.62. The Labute approximate surface area is 114 Å². The molecule has 0 aliphatic rings. The van der Waals surface area contributed by atoms with Gasteiger partial charge in [0.25, 0.3) is 12.3 Å². The number of rotatable bonds is 8. The molecule has 120 valence electrons. The van der Waals surface area contributed by atoms with Crippen molar-refractivity contribution in [1.82, 2.24) is 0 Å². The van der Waals surface area contributed by atoms with Gasteiger partial charge in [-0.05, 0) is 0 Å². The lowest BCUT2D eigenvalue weighted by molar-refractivity contribution is -0.225. The lowest BCUT2D eigenvalue weighted by Gasteiger charge is -2.29. The van der Waals surface area contributed by atoms with Crippen molar-refractivity contribution in [3.05, 3.63) is 0 Å². The van der Waals surface area contributed by atoms with E-state index in [4.69, 9.17) is 0 Å². The average molecular weight is 332 g/mol. The monoisotopic (exact) mass is 332 g/mol. The second-order valence-electron chi connectivity index (χ2n) is 3.86. The Hall–Kier alpha value is -0.540. The Morgan fingerprint density at radius 3 is 2.00 bits per heavy atom. The number of hydrogen-bond acceptors (Lipinski definition) is 2. The van der Waals surface area contributed by atoms with E-state index in [1.807, 2.05) is 0 Å². The van der Waals surface area contributed by atoms with E-state index < -0.39 is 47.9 Å². The number of hydrogen-bond donors (Lipinski definition) is 0. The summed E-state index contributed by atoms with van der Waals surface area (Å²) in [5.74, 6) is -10.9. The molecule has 0 heterocycles. The summed E-state index contributed by atoms with van der Waals surface area (Å²) in [5, 5.41) is -0.515. The first kappa shape index (κ1) is 19.5. The molecule has 0 radical (unpaired) electrons. The maximum atomic E-state index is 13.1. The fourth-order valence-corrected chi connectivity index (χ4v) is 1.93. The molecular weight excluding hydrogens is 320 g/mol. The molecule has 0 aromatic rings. The average Bonchev–Trinajstić information content (AvgIpc) is 2.35. The normalized spacial score (nSPS) is 16.3. The molecule has 0 aromatic carbocycles. The van der Waals surface area contributed by atoms with Crippen LogP contribution in [0.2, 0.25) is 0 Å². The first-order chi connectivity index (χ1) is 8.96. The Balaban J connectivity index is 4.70. The Morgan fingerprint density at radius 2 is 1.60 bits per heavy atom. The molecule has 1 nitrogen and oxygen atoms in total. The first-order valence-corrected chi connectivity index (χ1v) is 6.42. The summed E-state index contributed by atoms with van der Waals surface area (Å²) in [5.41, 5.74) is 0. The van der Waals surface area contributed by atoms with Gasteiger partial charge in [0.2, 0.25) is 12.3 Å². The van der Waals surface area contributed by atoms with Crippen molar-refractivity contribution in [2.75, 3.05) is 5.75 Å². The second-order valence-corrected chi connectivity index (χ2v) is 5.01. The van der Waals surface area contributed by atoms with Crippen LogP contribution in [0.25, 0.3) is 0 Å². The van der Waals surface area contributed by atoms with E-state index in [0.717, 1.165) is 0 Å². The van der Waals surface area contributed by atoms with E-state index >= 15 is 0 Å². The molecular formula is C10H12F8OS. The van der Waals surface area contributed by atoms with Gasteiger partial charge >= 0.3 is 5.92 Å². The van der Waals surface area contributed by atoms with Crippen LogP contribution in [0.5, 0.6) is 0 Å². The summed E-state index contributed by atoms with van der Waals surface area (Å²) in [6.07, 6.45) is -14.5. The van der Waals surface area contributed by atoms with Crippen molar-refractivity contribution in [3.8, 4) is 0 Å². The van der Waals surface area contributed by atoms with Crippen molar-refractivity contribution < 1.29 is 39.9 Å². The summed E-state index contributed by atoms with van der Waals surface area (Å²) in [7, 11) is 0. The van der Waals surface area contributed by atoms with E-state index in [-0.39, 0.29) is 6.42 Å². The largest absolute Gasteiger partial charge is 0.320 e. The van der Waals surface area contributed by atoms with Crippen molar-refractivity contribution in [2.45, 2.75) is 50.4 Å². The Kier molecular flexibility index (Phi) is 7.26. The number of carbonyl (C=O) groups is 1. The molecule has 0 saturated carbocycles. The van der Waals surface area contributed by atoms with Crippen LogP contribution in [0.4, 0.5) is 35.1 Å². The van der Waals surface area contributed by atoms with Gasteiger partial charge in [0.15, 0.2) is 5.12 Å². The summed E-state index contributed by atoms with van der Waals surface area (Å²) < 4.78 is 101. The Morgan fingerprint density at radius 1 is 1.10 bits per heavy atom. The van der Waals surface area contributed by atoms with Crippen molar-refractivity contribution in [3.63, 3.8) is 0 Å². The zero-order chi connectivity index (χ0) is 16.1. The summed E-state index contributed by atoms with van der Waals surface area (Å²) in [6.45, 7) is 1.43. The minimum atomic E-state index is -5.52. The quantitative estimate of drug-likeness (QED) is 0.618. The lowest BCUT2D eigenvalue weighted by atomic mass is 10.0. The molecule has 0 spiro atoms. The third-order valence-electron chi connectivity index (χ3n) is 2.28. The van der Waals surface area contributed by atoms with Crippen LogP contribution >= 0.6 is 11.8 Å². The van der Waals surface area contributed by atoms with Crippen LogP contribution in [0, 0.1) is 0 Å². The van der Waals surface area contributed by atoms with Gasteiger partial charge in [-0.3, -0.25) is 4.79 Å². The molecule has 10 heteroatoms. The predicted octanol–water partition coefficient (Wildman–Crippen LogP) is 4.26. The van der Waals surface area contributed by atoms with Crippen LogP contribution in [-0.4, -0.2) is 41.5 Å². The van der Waals surface area contributed by atoms with E-state index in [1.54, 1.807) is 0 Å². The van der Waals surface area contributed by atoms with Gasteiger partial charge in [0.1, 0.15) is 0 Å². The van der Waals surface area contributed by atoms with Crippen LogP contribution in [-0.2, 0) is 4.79 Å². The SMILES string of the molecule is CCC(=O)SCCC(F)(F)C(F)C(F)(F)C(F)C(F)F. The highest BCUT2D eigenvalue weighted by molar-refractivity contribution is 8.13. The van der Waals surface area contributed by atoms with Crippen LogP contribution in [0.3, 0.4) is 0 Å². The Bertz CT molecular complexity index is 322. The van der Waals surface area contributed by atoms with E-state index in [9.17, 15) is 39.9 Å². The van der Waals surface area contributed by atoms with Gasteiger partial charge < -0.3 is 0 Å². The van der Waals surface area contributed by atoms with Crippen molar-refractivity contribution >= 4 is 16.9 Å². The van der Waals surface area contributed by atoms with Crippen molar-refractivity contribution in [1.29, 1.82) is 0 Å². The smallest absolute Gasteiger partial charge is 0.287 e. The maximum absolute atomic E-state index is 13.1. The molecule has 0 fully saturated rings. The fraction of sp³-hybridized carbons (Fsp3) is 0.900. The third kappa shape index (κ3) is 5.10. The minimum absolute atomic E-state index is 0.00336. The summed E-state index contributed by atoms with van der Waals surface area (Å²) in [4.78, 5) is 10.8. The van der Waals surface area contributed by atoms with Gasteiger partial charge in [-0.25, -0.2) is 26.3 Å². The number of carbonyl (C=O) groups excluding carboxylic acids is 1. The number of halogens is 8. The molecule has 0 N–H and O–H groups in total. The van der Waals surface area contributed by atoms with Gasteiger partial charge in [-0.1, -0.05) is 18.7 Å². The van der Waals surface area contributed by atoms with Crippen LogP contribution in [0.1, 0.15) is 19.8 Å². The summed E-state index contributed by atoms with van der Waals surface area (Å²) >= 11 is 0.374. The maximum Gasteiger partial charge on any atom is 0.320 e. The van der Waals surface area contributed by atoms with Gasteiger partial charge in [-0.2, -0.15) is 8.78 Å². The minimum Gasteiger partial charge on any atom is -0.287 e. The lowest BCUT2D eigenvalue weighted by Crippen LogP contribution is -2.52. The van der Waals surface area contributed by atoms with E-state index in [1.165, 1.54) is 6.92 Å². The molecule has 2 unspecified atom stereocenters. The first-order valence-electron chi connectivity index (χ1n) is 5.44. The van der Waals surface area contributed by atoms with Crippen molar-refractivity contribution in [2.24, 2.45) is 0 Å². The third-order valence-corrected chi connectivity index (χ3v) is 3.30. The molecule has 0 bridgehead atoms. The van der Waals surface area contributed by atoms with E-state index in [0.29, 0.717) is 11.8 Å². The highest BCUT2D eigenvalue weighted by Crippen LogP contribution is 2.41. The molecule has 0 aliphatic heterocycles. The molecule has 2 atom stereocenters.